The molecule has 0 aromatic carbocycles. The van der Waals surface area contributed by atoms with Crippen LogP contribution in [0.25, 0.3) is 0 Å². The number of fused-ring (bicyclic) bond motifs is 2. The quantitative estimate of drug-likeness (QED) is 0.601. The molecule has 0 aliphatic heterocycles. The average Bonchev–Trinajstić information content (AvgIpc) is 2.45. The third-order valence-electron chi connectivity index (χ3n) is 9.51. The summed E-state index contributed by atoms with van der Waals surface area (Å²) in [7, 11) is 2.65. The molecule has 3 unspecified atom stereocenters. The van der Waals surface area contributed by atoms with Crippen LogP contribution in [0.3, 0.4) is 0 Å². The van der Waals surface area contributed by atoms with Crippen molar-refractivity contribution in [3.05, 3.63) is 0 Å². The number of rotatable bonds is 2. The second-order valence-electron chi connectivity index (χ2n) is 11.0. The summed E-state index contributed by atoms with van der Waals surface area (Å²) in [5.74, 6) is 4.49. The van der Waals surface area contributed by atoms with Crippen molar-refractivity contribution in [1.82, 2.24) is 0 Å². The Balaban J connectivity index is 1.54. The lowest BCUT2D eigenvalue weighted by atomic mass is 9.35. The van der Waals surface area contributed by atoms with Gasteiger partial charge in [0.15, 0.2) is 0 Å². The lowest BCUT2D eigenvalue weighted by Crippen LogP contribution is -2.58. The maximum absolute atomic E-state index is 2.65. The highest BCUT2D eigenvalue weighted by atomic mass is 14.7. The molecular formula is C21H35B. The molecule has 0 heterocycles. The summed E-state index contributed by atoms with van der Waals surface area (Å²) in [5.41, 5.74) is 1.58. The molecule has 0 amide bonds. The predicted octanol–water partition coefficient (Wildman–Crippen LogP) is 5.38. The van der Waals surface area contributed by atoms with E-state index in [9.17, 15) is 0 Å². The number of hydrogen-bond acceptors (Lipinski definition) is 0. The zero-order valence-electron chi connectivity index (χ0n) is 15.0. The summed E-state index contributed by atoms with van der Waals surface area (Å²) in [5, 5.41) is 0.673. The number of hydrogen-bond donors (Lipinski definition) is 0. The maximum atomic E-state index is 2.65. The van der Waals surface area contributed by atoms with E-state index in [-0.39, 0.29) is 0 Å². The minimum Gasteiger partial charge on any atom is -0.0655 e. The Hall–Kier alpha value is 0.0649. The summed E-state index contributed by atoms with van der Waals surface area (Å²) in [6.45, 7) is 2.48. The Morgan fingerprint density at radius 1 is 0.818 bits per heavy atom. The molecule has 6 rings (SSSR count). The van der Waals surface area contributed by atoms with Crippen molar-refractivity contribution in [1.29, 1.82) is 0 Å². The largest absolute Gasteiger partial charge is 0.109 e. The monoisotopic (exact) mass is 298 g/mol. The van der Waals surface area contributed by atoms with Gasteiger partial charge in [-0.15, -0.1) is 0 Å². The van der Waals surface area contributed by atoms with Crippen LogP contribution in [0.15, 0.2) is 0 Å². The lowest BCUT2D eigenvalue weighted by molar-refractivity contribution is -0.170. The first-order valence-electron chi connectivity index (χ1n) is 10.5. The fraction of sp³-hybridized carbons (Fsp3) is 1.00. The molecule has 0 nitrogen and oxygen atoms in total. The van der Waals surface area contributed by atoms with E-state index in [0.717, 1.165) is 34.5 Å². The van der Waals surface area contributed by atoms with E-state index in [1.165, 1.54) is 6.42 Å². The van der Waals surface area contributed by atoms with E-state index < -0.39 is 0 Å². The van der Waals surface area contributed by atoms with Gasteiger partial charge < -0.3 is 0 Å². The van der Waals surface area contributed by atoms with Crippen LogP contribution < -0.4 is 0 Å². The zero-order chi connectivity index (χ0) is 15.0. The highest BCUT2D eigenvalue weighted by Crippen LogP contribution is 2.74. The molecule has 0 saturated heterocycles. The van der Waals surface area contributed by atoms with E-state index in [2.05, 4.69) is 14.8 Å². The predicted molar refractivity (Wildman–Crippen MR) is 95.8 cm³/mol. The first kappa shape index (κ1) is 14.4. The van der Waals surface area contributed by atoms with Crippen molar-refractivity contribution in [3.63, 3.8) is 0 Å². The molecule has 6 aliphatic rings. The van der Waals surface area contributed by atoms with Crippen LogP contribution in [0.5, 0.6) is 0 Å². The van der Waals surface area contributed by atoms with Crippen molar-refractivity contribution >= 4 is 7.85 Å². The fourth-order valence-electron chi connectivity index (χ4n) is 9.11. The van der Waals surface area contributed by atoms with Crippen LogP contribution in [-0.2, 0) is 0 Å². The first-order chi connectivity index (χ1) is 10.5. The summed E-state index contributed by atoms with van der Waals surface area (Å²) in [4.78, 5) is 0. The Bertz CT molecular complexity index is 433. The second-order valence-corrected chi connectivity index (χ2v) is 11.0. The van der Waals surface area contributed by atoms with Gasteiger partial charge in [-0.25, -0.2) is 0 Å². The van der Waals surface area contributed by atoms with E-state index in [1.54, 1.807) is 77.0 Å². The topological polar surface area (TPSA) is 0 Å². The normalized spacial score (nSPS) is 59.7. The van der Waals surface area contributed by atoms with Crippen molar-refractivity contribution in [3.8, 4) is 0 Å². The summed E-state index contributed by atoms with van der Waals surface area (Å²) < 4.78 is 0. The highest BCUT2D eigenvalue weighted by Gasteiger charge is 2.63. The van der Waals surface area contributed by atoms with E-state index in [0.29, 0.717) is 5.31 Å². The molecule has 1 heteroatoms. The Labute approximate surface area is 138 Å². The van der Waals surface area contributed by atoms with Gasteiger partial charge in [0.1, 0.15) is 7.85 Å². The average molecular weight is 298 g/mol. The summed E-state index contributed by atoms with van der Waals surface area (Å²) >= 11 is 0. The van der Waals surface area contributed by atoms with Gasteiger partial charge in [-0.1, -0.05) is 37.9 Å². The van der Waals surface area contributed by atoms with Crippen LogP contribution in [0, 0.1) is 34.5 Å². The van der Waals surface area contributed by atoms with Gasteiger partial charge >= 0.3 is 0 Å². The molecule has 3 atom stereocenters. The molecule has 0 spiro atoms. The fourth-order valence-corrected chi connectivity index (χ4v) is 9.11. The highest BCUT2D eigenvalue weighted by molar-refractivity contribution is 6.15. The smallest absolute Gasteiger partial charge is 0.0655 e. The SMILES string of the molecule is BC1(CC)CC2CCCC(C34CC5CC(CC(C5)C3)C4)(C2)C1. The van der Waals surface area contributed by atoms with Crippen molar-refractivity contribution in [2.75, 3.05) is 0 Å². The van der Waals surface area contributed by atoms with E-state index in [1.807, 2.05) is 0 Å². The van der Waals surface area contributed by atoms with Crippen molar-refractivity contribution in [2.24, 2.45) is 34.5 Å². The maximum Gasteiger partial charge on any atom is 0.109 e. The molecule has 0 radical (unpaired) electrons. The molecular weight excluding hydrogens is 263 g/mol. The second kappa shape index (κ2) is 4.57. The molecule has 6 fully saturated rings. The minimum atomic E-state index is 0.673. The molecule has 22 heavy (non-hydrogen) atoms. The van der Waals surface area contributed by atoms with Gasteiger partial charge in [0, 0.05) is 0 Å². The minimum absolute atomic E-state index is 0.673. The summed E-state index contributed by atoms with van der Waals surface area (Å²) in [6, 6.07) is 0. The molecule has 0 aromatic rings. The molecule has 6 bridgehead atoms. The molecule has 6 aliphatic carbocycles. The molecule has 0 N–H and O–H groups in total. The first-order valence-corrected chi connectivity index (χ1v) is 10.5. The molecule has 6 saturated carbocycles. The molecule has 0 aromatic heterocycles. The van der Waals surface area contributed by atoms with Crippen LogP contribution in [0.1, 0.15) is 90.4 Å². The van der Waals surface area contributed by atoms with Gasteiger partial charge in [-0.3, -0.25) is 0 Å². The van der Waals surface area contributed by atoms with Crippen LogP contribution >= 0.6 is 0 Å². The third kappa shape index (κ3) is 1.89. The Kier molecular flexibility index (Phi) is 3.00. The van der Waals surface area contributed by atoms with Crippen LogP contribution in [0.2, 0.25) is 5.31 Å². The Morgan fingerprint density at radius 2 is 1.41 bits per heavy atom. The third-order valence-corrected chi connectivity index (χ3v) is 9.51. The van der Waals surface area contributed by atoms with Gasteiger partial charge in [0.25, 0.3) is 0 Å². The lowest BCUT2D eigenvalue weighted by Gasteiger charge is -2.68. The van der Waals surface area contributed by atoms with Crippen LogP contribution in [-0.4, -0.2) is 7.85 Å². The van der Waals surface area contributed by atoms with Gasteiger partial charge in [0.2, 0.25) is 0 Å². The van der Waals surface area contributed by atoms with E-state index >= 15 is 0 Å². The zero-order valence-corrected chi connectivity index (χ0v) is 15.0. The Morgan fingerprint density at radius 3 is 2.00 bits per heavy atom. The van der Waals surface area contributed by atoms with Crippen LogP contribution in [0.4, 0.5) is 0 Å². The van der Waals surface area contributed by atoms with Crippen molar-refractivity contribution < 1.29 is 0 Å². The van der Waals surface area contributed by atoms with Gasteiger partial charge in [-0.2, -0.15) is 0 Å². The molecule has 122 valence electrons. The van der Waals surface area contributed by atoms with Crippen molar-refractivity contribution in [2.45, 2.75) is 95.7 Å². The van der Waals surface area contributed by atoms with Gasteiger partial charge in [0.05, 0.1) is 0 Å². The van der Waals surface area contributed by atoms with Gasteiger partial charge in [-0.05, 0) is 92.3 Å². The van der Waals surface area contributed by atoms with E-state index in [4.69, 9.17) is 0 Å². The summed E-state index contributed by atoms with van der Waals surface area (Å²) in [6.07, 6.45) is 20.7. The standard InChI is InChI=1S/C21H35B/c1-2-21(22)13-15-4-3-5-19(9-15,14-21)20-10-16-6-17(11-20)8-18(7-16)12-20/h15-18H,2-14,22H2,1H3.